The van der Waals surface area contributed by atoms with Gasteiger partial charge in [0, 0.05) is 9.58 Å². The summed E-state index contributed by atoms with van der Waals surface area (Å²) >= 11 is 1.80. The second kappa shape index (κ2) is 5.10. The molecular formula is C16H14BOS. The summed E-state index contributed by atoms with van der Waals surface area (Å²) in [6.45, 7) is 2.06. The van der Waals surface area contributed by atoms with Crippen LogP contribution in [0.25, 0.3) is 20.5 Å². The van der Waals surface area contributed by atoms with E-state index in [9.17, 15) is 0 Å². The lowest BCUT2D eigenvalue weighted by Crippen LogP contribution is -2.08. The van der Waals surface area contributed by atoms with Crippen LogP contribution in [0.4, 0.5) is 0 Å². The molecule has 0 unspecified atom stereocenters. The molecule has 2 aromatic carbocycles. The van der Waals surface area contributed by atoms with Gasteiger partial charge in [0.05, 0.1) is 7.11 Å². The maximum atomic E-state index is 5.27. The summed E-state index contributed by atoms with van der Waals surface area (Å²) in [5, 5.41) is 1.27. The van der Waals surface area contributed by atoms with Crippen molar-refractivity contribution in [1.29, 1.82) is 0 Å². The molecule has 0 saturated heterocycles. The van der Waals surface area contributed by atoms with E-state index < -0.39 is 0 Å². The third-order valence-electron chi connectivity index (χ3n) is 3.26. The van der Waals surface area contributed by atoms with Gasteiger partial charge in [-0.1, -0.05) is 36.6 Å². The molecule has 1 aromatic heterocycles. The minimum atomic E-state index is 0.914. The summed E-state index contributed by atoms with van der Waals surface area (Å²) in [7, 11) is 3.81. The van der Waals surface area contributed by atoms with Crippen LogP contribution in [0.2, 0.25) is 6.82 Å². The highest BCUT2D eigenvalue weighted by Crippen LogP contribution is 2.34. The van der Waals surface area contributed by atoms with Gasteiger partial charge in [-0.25, -0.2) is 0 Å². The van der Waals surface area contributed by atoms with E-state index in [2.05, 4.69) is 56.6 Å². The van der Waals surface area contributed by atoms with E-state index >= 15 is 0 Å². The third-order valence-corrected chi connectivity index (χ3v) is 4.40. The van der Waals surface area contributed by atoms with Gasteiger partial charge < -0.3 is 4.74 Å². The van der Waals surface area contributed by atoms with Crippen LogP contribution in [0.1, 0.15) is 0 Å². The van der Waals surface area contributed by atoms with Crippen molar-refractivity contribution in [2.45, 2.75) is 6.82 Å². The number of hydrogen-bond donors (Lipinski definition) is 0. The smallest absolute Gasteiger partial charge is 0.148 e. The van der Waals surface area contributed by atoms with Gasteiger partial charge in [-0.2, -0.15) is 0 Å². The standard InChI is InChI=1S/C16H14BOS/c1-17-13-6-3-11(4-7-13)15-9-12-5-8-14(18-2)10-16(12)19-15/h3-10H,1-2H3. The molecular weight excluding hydrogens is 251 g/mol. The Morgan fingerprint density at radius 1 is 1.00 bits per heavy atom. The van der Waals surface area contributed by atoms with Crippen molar-refractivity contribution in [3.63, 3.8) is 0 Å². The molecule has 1 nitrogen and oxygen atoms in total. The molecule has 3 rings (SSSR count). The van der Waals surface area contributed by atoms with Crippen molar-refractivity contribution in [3.05, 3.63) is 48.5 Å². The topological polar surface area (TPSA) is 9.23 Å². The highest BCUT2D eigenvalue weighted by molar-refractivity contribution is 7.22. The monoisotopic (exact) mass is 265 g/mol. The fourth-order valence-corrected chi connectivity index (χ4v) is 3.22. The van der Waals surface area contributed by atoms with Crippen LogP contribution in [0.3, 0.4) is 0 Å². The second-order valence-corrected chi connectivity index (χ2v) is 5.51. The van der Waals surface area contributed by atoms with Gasteiger partial charge >= 0.3 is 0 Å². The van der Waals surface area contributed by atoms with E-state index in [1.165, 1.54) is 26.0 Å². The summed E-state index contributed by atoms with van der Waals surface area (Å²) in [4.78, 5) is 1.30. The van der Waals surface area contributed by atoms with Crippen LogP contribution in [0, 0.1) is 0 Å². The zero-order chi connectivity index (χ0) is 13.2. The zero-order valence-corrected chi connectivity index (χ0v) is 11.8. The van der Waals surface area contributed by atoms with Crippen LogP contribution < -0.4 is 10.2 Å². The molecule has 0 aliphatic heterocycles. The van der Waals surface area contributed by atoms with Gasteiger partial charge in [-0.05, 0) is 35.2 Å². The Hall–Kier alpha value is -1.74. The minimum Gasteiger partial charge on any atom is -0.497 e. The quantitative estimate of drug-likeness (QED) is 0.651. The first-order chi connectivity index (χ1) is 9.30. The molecule has 0 atom stereocenters. The van der Waals surface area contributed by atoms with Crippen LogP contribution in [0.15, 0.2) is 48.5 Å². The average Bonchev–Trinajstić information content (AvgIpc) is 2.90. The van der Waals surface area contributed by atoms with Crippen molar-refractivity contribution in [2.75, 3.05) is 7.11 Å². The summed E-state index contributed by atoms with van der Waals surface area (Å²) in [5.41, 5.74) is 2.53. The molecule has 0 amide bonds. The molecule has 0 spiro atoms. The summed E-state index contributed by atoms with van der Waals surface area (Å²) < 4.78 is 6.53. The maximum Gasteiger partial charge on any atom is 0.148 e. The van der Waals surface area contributed by atoms with Gasteiger partial charge in [-0.15, -0.1) is 11.3 Å². The normalized spacial score (nSPS) is 10.6. The molecule has 0 N–H and O–H groups in total. The molecule has 1 heterocycles. The van der Waals surface area contributed by atoms with Gasteiger partial charge in [-0.3, -0.25) is 0 Å². The Morgan fingerprint density at radius 2 is 1.79 bits per heavy atom. The molecule has 1 radical (unpaired) electrons. The molecule has 19 heavy (non-hydrogen) atoms. The fraction of sp³-hybridized carbons (Fsp3) is 0.125. The van der Waals surface area contributed by atoms with E-state index in [1.807, 2.05) is 6.07 Å². The van der Waals surface area contributed by atoms with E-state index in [0.29, 0.717) is 0 Å². The van der Waals surface area contributed by atoms with Crippen molar-refractivity contribution >= 4 is 34.2 Å². The molecule has 0 saturated carbocycles. The highest BCUT2D eigenvalue weighted by Gasteiger charge is 2.05. The first-order valence-electron chi connectivity index (χ1n) is 6.27. The van der Waals surface area contributed by atoms with Crippen molar-refractivity contribution in [2.24, 2.45) is 0 Å². The summed E-state index contributed by atoms with van der Waals surface area (Å²) in [5.74, 6) is 0.914. The Morgan fingerprint density at radius 3 is 2.47 bits per heavy atom. The van der Waals surface area contributed by atoms with Crippen LogP contribution in [0.5, 0.6) is 5.75 Å². The van der Waals surface area contributed by atoms with E-state index in [4.69, 9.17) is 4.74 Å². The lowest BCUT2D eigenvalue weighted by atomic mass is 9.73. The number of methoxy groups -OCH3 is 1. The van der Waals surface area contributed by atoms with Gasteiger partial charge in [0.25, 0.3) is 0 Å². The molecule has 0 fully saturated rings. The lowest BCUT2D eigenvalue weighted by Gasteiger charge is -1.99. The first kappa shape index (κ1) is 12.3. The number of benzene rings is 2. The van der Waals surface area contributed by atoms with Crippen LogP contribution >= 0.6 is 11.3 Å². The number of hydrogen-bond acceptors (Lipinski definition) is 2. The number of ether oxygens (including phenoxy) is 1. The zero-order valence-electron chi connectivity index (χ0n) is 11.0. The highest BCUT2D eigenvalue weighted by atomic mass is 32.1. The predicted octanol–water partition coefficient (Wildman–Crippen LogP) is 3.95. The minimum absolute atomic E-state index is 0.914. The molecule has 0 bridgehead atoms. The first-order valence-corrected chi connectivity index (χ1v) is 7.09. The number of thiophene rings is 1. The SMILES string of the molecule is C[B]c1ccc(-c2cc3ccc(OC)cc3s2)cc1. The van der Waals surface area contributed by atoms with E-state index in [1.54, 1.807) is 18.4 Å². The van der Waals surface area contributed by atoms with Crippen molar-refractivity contribution in [1.82, 2.24) is 0 Å². The van der Waals surface area contributed by atoms with Gasteiger partial charge in [0.15, 0.2) is 0 Å². The summed E-state index contributed by atoms with van der Waals surface area (Å²) in [6.07, 6.45) is 0. The van der Waals surface area contributed by atoms with Gasteiger partial charge in [0.2, 0.25) is 0 Å². The summed E-state index contributed by atoms with van der Waals surface area (Å²) in [6, 6.07) is 17.1. The molecule has 0 aliphatic rings. The molecule has 0 aliphatic carbocycles. The molecule has 3 aromatic rings. The fourth-order valence-electron chi connectivity index (χ4n) is 2.12. The average molecular weight is 265 g/mol. The Labute approximate surface area is 118 Å². The Balaban J connectivity index is 2.04. The maximum absolute atomic E-state index is 5.27. The number of fused-ring (bicyclic) bond motifs is 1. The third kappa shape index (κ3) is 2.38. The second-order valence-electron chi connectivity index (χ2n) is 4.43. The van der Waals surface area contributed by atoms with Crippen molar-refractivity contribution < 1.29 is 4.74 Å². The molecule has 3 heteroatoms. The Bertz CT molecular complexity index is 700. The Kier molecular flexibility index (Phi) is 3.30. The molecule has 93 valence electrons. The van der Waals surface area contributed by atoms with E-state index in [-0.39, 0.29) is 0 Å². The lowest BCUT2D eigenvalue weighted by molar-refractivity contribution is 0.415. The van der Waals surface area contributed by atoms with Gasteiger partial charge in [0.1, 0.15) is 13.0 Å². The predicted molar refractivity (Wildman–Crippen MR) is 85.1 cm³/mol. The van der Waals surface area contributed by atoms with E-state index in [0.717, 1.165) is 5.75 Å². The number of rotatable bonds is 3. The van der Waals surface area contributed by atoms with Crippen LogP contribution in [-0.4, -0.2) is 14.4 Å². The van der Waals surface area contributed by atoms with Crippen LogP contribution in [-0.2, 0) is 0 Å². The largest absolute Gasteiger partial charge is 0.497 e. The van der Waals surface area contributed by atoms with Crippen molar-refractivity contribution in [3.8, 4) is 16.2 Å².